The molecule has 7 heteroatoms. The van der Waals surface area contributed by atoms with Crippen LogP contribution in [0, 0.1) is 6.92 Å². The van der Waals surface area contributed by atoms with Gasteiger partial charge in [-0.2, -0.15) is 9.36 Å². The van der Waals surface area contributed by atoms with Crippen molar-refractivity contribution >= 4 is 16.5 Å². The van der Waals surface area contributed by atoms with E-state index in [9.17, 15) is 0 Å². The summed E-state index contributed by atoms with van der Waals surface area (Å²) in [6.45, 7) is 1.87. The zero-order chi connectivity index (χ0) is 13.2. The monoisotopic (exact) mass is 273 g/mol. The fraction of sp³-hybridized carbons (Fsp3) is 0.167. The van der Waals surface area contributed by atoms with Crippen LogP contribution in [0.5, 0.6) is 0 Å². The van der Waals surface area contributed by atoms with Gasteiger partial charge in [0.15, 0.2) is 5.82 Å². The van der Waals surface area contributed by atoms with E-state index >= 15 is 0 Å². The van der Waals surface area contributed by atoms with Gasteiger partial charge in [0, 0.05) is 18.8 Å². The molecule has 0 bridgehead atoms. The Balaban J connectivity index is 1.88. The summed E-state index contributed by atoms with van der Waals surface area (Å²) in [5.41, 5.74) is 8.42. The first kappa shape index (κ1) is 11.8. The smallest absolute Gasteiger partial charge is 0.262 e. The van der Waals surface area contributed by atoms with Crippen molar-refractivity contribution in [3.05, 3.63) is 41.6 Å². The van der Waals surface area contributed by atoms with Gasteiger partial charge < -0.3 is 10.3 Å². The molecule has 0 aliphatic heterocycles. The molecule has 0 spiro atoms. The minimum absolute atomic E-state index is 0.419. The summed E-state index contributed by atoms with van der Waals surface area (Å²) in [5, 5.41) is 4.55. The highest BCUT2D eigenvalue weighted by atomic mass is 32.1. The Morgan fingerprint density at radius 2 is 2.32 bits per heavy atom. The first-order valence-electron chi connectivity index (χ1n) is 5.67. The first-order chi connectivity index (χ1) is 9.24. The van der Waals surface area contributed by atoms with Crippen LogP contribution in [0.1, 0.15) is 17.1 Å². The Labute approximate surface area is 113 Å². The quantitative estimate of drug-likeness (QED) is 0.785. The normalized spacial score (nSPS) is 10.8. The SMILES string of the molecule is Cc1nsc(N)c1-c1nc(Cc2cccnc2)no1. The second kappa shape index (κ2) is 4.77. The van der Waals surface area contributed by atoms with E-state index in [1.165, 1.54) is 11.5 Å². The largest absolute Gasteiger partial charge is 0.389 e. The van der Waals surface area contributed by atoms with Crippen molar-refractivity contribution in [1.29, 1.82) is 0 Å². The zero-order valence-electron chi connectivity index (χ0n) is 10.2. The van der Waals surface area contributed by atoms with E-state index in [4.69, 9.17) is 10.3 Å². The average Bonchev–Trinajstić information content (AvgIpc) is 2.98. The van der Waals surface area contributed by atoms with E-state index < -0.39 is 0 Å². The third-order valence-electron chi connectivity index (χ3n) is 2.66. The molecule has 3 rings (SSSR count). The maximum absolute atomic E-state index is 5.85. The average molecular weight is 273 g/mol. The lowest BCUT2D eigenvalue weighted by Crippen LogP contribution is -1.92. The van der Waals surface area contributed by atoms with Gasteiger partial charge in [-0.15, -0.1) is 0 Å². The molecule has 19 heavy (non-hydrogen) atoms. The lowest BCUT2D eigenvalue weighted by Gasteiger charge is -1.94. The van der Waals surface area contributed by atoms with Crippen LogP contribution in [0.3, 0.4) is 0 Å². The van der Waals surface area contributed by atoms with Crippen LogP contribution < -0.4 is 5.73 Å². The van der Waals surface area contributed by atoms with Crippen LogP contribution in [0.25, 0.3) is 11.5 Å². The van der Waals surface area contributed by atoms with Crippen LogP contribution in [0.4, 0.5) is 5.00 Å². The van der Waals surface area contributed by atoms with Crippen LogP contribution in [-0.2, 0) is 6.42 Å². The number of rotatable bonds is 3. The van der Waals surface area contributed by atoms with Crippen molar-refractivity contribution in [2.24, 2.45) is 0 Å². The van der Waals surface area contributed by atoms with Gasteiger partial charge in [0.2, 0.25) is 0 Å². The summed E-state index contributed by atoms with van der Waals surface area (Å²) in [5.74, 6) is 1.02. The number of aryl methyl sites for hydroxylation is 1. The number of aromatic nitrogens is 4. The topological polar surface area (TPSA) is 90.7 Å². The van der Waals surface area contributed by atoms with E-state index in [0.29, 0.717) is 23.1 Å². The van der Waals surface area contributed by atoms with Crippen LogP contribution in [0.15, 0.2) is 29.0 Å². The highest BCUT2D eigenvalue weighted by molar-refractivity contribution is 7.10. The first-order valence-corrected chi connectivity index (χ1v) is 6.45. The molecule has 3 aromatic heterocycles. The van der Waals surface area contributed by atoms with Gasteiger partial charge in [0.25, 0.3) is 5.89 Å². The summed E-state index contributed by atoms with van der Waals surface area (Å²) in [6, 6.07) is 3.84. The number of hydrogen-bond donors (Lipinski definition) is 1. The Morgan fingerprint density at radius 3 is 3.00 bits per heavy atom. The minimum Gasteiger partial charge on any atom is -0.389 e. The zero-order valence-corrected chi connectivity index (χ0v) is 11.0. The van der Waals surface area contributed by atoms with E-state index in [1.807, 2.05) is 19.1 Å². The molecule has 0 aliphatic rings. The molecule has 2 N–H and O–H groups in total. The van der Waals surface area contributed by atoms with Crippen molar-refractivity contribution in [3.8, 4) is 11.5 Å². The third-order valence-corrected chi connectivity index (χ3v) is 3.42. The molecule has 3 aromatic rings. The van der Waals surface area contributed by atoms with Gasteiger partial charge in [0.05, 0.1) is 11.3 Å². The van der Waals surface area contributed by atoms with Crippen molar-refractivity contribution < 1.29 is 4.52 Å². The van der Waals surface area contributed by atoms with E-state index in [0.717, 1.165) is 16.8 Å². The molecule has 0 saturated carbocycles. The number of nitrogens with two attached hydrogens (primary N) is 1. The van der Waals surface area contributed by atoms with Gasteiger partial charge in [0.1, 0.15) is 5.00 Å². The molecule has 0 saturated heterocycles. The van der Waals surface area contributed by atoms with Gasteiger partial charge in [-0.05, 0) is 30.1 Å². The van der Waals surface area contributed by atoms with Crippen LogP contribution in [-0.4, -0.2) is 19.5 Å². The second-order valence-corrected chi connectivity index (χ2v) is 4.87. The van der Waals surface area contributed by atoms with Crippen LogP contribution >= 0.6 is 11.5 Å². The molecule has 0 aromatic carbocycles. The number of hydrogen-bond acceptors (Lipinski definition) is 7. The molecule has 0 unspecified atom stereocenters. The molecule has 0 amide bonds. The van der Waals surface area contributed by atoms with E-state index in [1.54, 1.807) is 12.4 Å². The van der Waals surface area contributed by atoms with Crippen molar-refractivity contribution in [3.63, 3.8) is 0 Å². The Hall–Kier alpha value is -2.28. The van der Waals surface area contributed by atoms with E-state index in [2.05, 4.69) is 19.5 Å². The Kier molecular flexibility index (Phi) is 2.96. The van der Waals surface area contributed by atoms with Crippen LogP contribution in [0.2, 0.25) is 0 Å². The summed E-state index contributed by atoms with van der Waals surface area (Å²) in [4.78, 5) is 8.40. The summed E-state index contributed by atoms with van der Waals surface area (Å²) >= 11 is 1.23. The number of nitrogens with zero attached hydrogens (tertiary/aromatic N) is 4. The molecule has 0 aliphatic carbocycles. The lowest BCUT2D eigenvalue weighted by atomic mass is 10.2. The molecule has 3 heterocycles. The summed E-state index contributed by atoms with van der Waals surface area (Å²) in [6.07, 6.45) is 4.09. The second-order valence-electron chi connectivity index (χ2n) is 4.06. The number of anilines is 1. The lowest BCUT2D eigenvalue weighted by molar-refractivity contribution is 0.424. The number of nitrogen functional groups attached to an aromatic ring is 1. The minimum atomic E-state index is 0.419. The molecule has 0 fully saturated rings. The maximum atomic E-state index is 5.85. The van der Waals surface area contributed by atoms with Crippen molar-refractivity contribution in [1.82, 2.24) is 19.5 Å². The van der Waals surface area contributed by atoms with Crippen molar-refractivity contribution in [2.45, 2.75) is 13.3 Å². The van der Waals surface area contributed by atoms with Gasteiger partial charge in [-0.3, -0.25) is 4.98 Å². The Bertz CT molecular complexity index is 672. The maximum Gasteiger partial charge on any atom is 0.262 e. The summed E-state index contributed by atoms with van der Waals surface area (Å²) < 4.78 is 9.41. The fourth-order valence-electron chi connectivity index (χ4n) is 1.76. The molecule has 0 radical (unpaired) electrons. The molecule has 6 nitrogen and oxygen atoms in total. The predicted molar refractivity (Wildman–Crippen MR) is 71.6 cm³/mol. The third kappa shape index (κ3) is 2.32. The number of pyridine rings is 1. The molecule has 96 valence electrons. The van der Waals surface area contributed by atoms with Gasteiger partial charge in [-0.1, -0.05) is 11.2 Å². The van der Waals surface area contributed by atoms with Crippen molar-refractivity contribution in [2.75, 3.05) is 5.73 Å². The fourth-order valence-corrected chi connectivity index (χ4v) is 2.41. The Morgan fingerprint density at radius 1 is 1.42 bits per heavy atom. The van der Waals surface area contributed by atoms with E-state index in [-0.39, 0.29) is 0 Å². The standard InChI is InChI=1S/C12H11N5OS/c1-7-10(11(13)19-17-7)12-15-9(16-18-12)5-8-3-2-4-14-6-8/h2-4,6H,5,13H2,1H3. The molecular formula is C12H11N5OS. The molecular weight excluding hydrogens is 262 g/mol. The predicted octanol–water partition coefficient (Wildman–Crippen LogP) is 2.07. The van der Waals surface area contributed by atoms with Gasteiger partial charge in [-0.25, -0.2) is 0 Å². The molecule has 0 atom stereocenters. The van der Waals surface area contributed by atoms with Gasteiger partial charge >= 0.3 is 0 Å². The highest BCUT2D eigenvalue weighted by Crippen LogP contribution is 2.30. The highest BCUT2D eigenvalue weighted by Gasteiger charge is 2.17. The summed E-state index contributed by atoms with van der Waals surface area (Å²) in [7, 11) is 0.